The third-order valence-electron chi connectivity index (χ3n) is 1.91. The van der Waals surface area contributed by atoms with Crippen LogP contribution < -0.4 is 10.3 Å². The summed E-state index contributed by atoms with van der Waals surface area (Å²) in [6, 6.07) is 9.19. The van der Waals surface area contributed by atoms with Crippen LogP contribution in [-0.4, -0.2) is 14.3 Å². The number of urea groups is 1. The van der Waals surface area contributed by atoms with Gasteiger partial charge in [-0.15, -0.1) is 0 Å². The predicted octanol–water partition coefficient (Wildman–Crippen LogP) is 2.41. The number of benzene rings is 1. The Morgan fingerprint density at radius 1 is 1.21 bits per heavy atom. The quantitative estimate of drug-likeness (QED) is 0.745. The Morgan fingerprint density at radius 3 is 2.07 bits per heavy atom. The highest BCUT2D eigenvalue weighted by molar-refractivity contribution is 6.83. The molecule has 0 unspecified atom stereocenters. The summed E-state index contributed by atoms with van der Waals surface area (Å²) in [5.74, 6) is 0. The number of carbonyl (C=O) groups excluding carboxylic acids is 1. The Hall–Kier alpha value is -1.29. The molecule has 14 heavy (non-hydrogen) atoms. The second-order valence-corrected chi connectivity index (χ2v) is 8.97. The van der Waals surface area contributed by atoms with Crippen LogP contribution in [0.3, 0.4) is 0 Å². The summed E-state index contributed by atoms with van der Waals surface area (Å²) in [6.45, 7) is 6.26. The lowest BCUT2D eigenvalue weighted by molar-refractivity contribution is 0.256. The Labute approximate surface area is 85.6 Å². The van der Waals surface area contributed by atoms with Crippen molar-refractivity contribution >= 4 is 20.0 Å². The van der Waals surface area contributed by atoms with Crippen LogP contribution in [0.2, 0.25) is 19.6 Å². The van der Waals surface area contributed by atoms with Crippen LogP contribution in [0.1, 0.15) is 0 Å². The van der Waals surface area contributed by atoms with E-state index < -0.39 is 8.24 Å². The van der Waals surface area contributed by atoms with Gasteiger partial charge < -0.3 is 10.3 Å². The fourth-order valence-electron chi connectivity index (χ4n) is 1.42. The van der Waals surface area contributed by atoms with Crippen LogP contribution in [-0.2, 0) is 0 Å². The van der Waals surface area contributed by atoms with Crippen molar-refractivity contribution in [3.63, 3.8) is 0 Å². The average Bonchev–Trinajstić information content (AvgIpc) is 2.02. The predicted molar refractivity (Wildman–Crippen MR) is 61.9 cm³/mol. The van der Waals surface area contributed by atoms with Gasteiger partial charge in [-0.05, 0) is 12.1 Å². The summed E-state index contributed by atoms with van der Waals surface area (Å²) < 4.78 is 1.72. The Bertz CT molecular complexity index is 319. The van der Waals surface area contributed by atoms with Crippen LogP contribution in [0.4, 0.5) is 10.5 Å². The van der Waals surface area contributed by atoms with E-state index in [0.717, 1.165) is 5.69 Å². The van der Waals surface area contributed by atoms with Gasteiger partial charge in [-0.3, -0.25) is 0 Å². The number of rotatable bonds is 2. The summed E-state index contributed by atoms with van der Waals surface area (Å²) in [5, 5.41) is 0. The minimum Gasteiger partial charge on any atom is -0.352 e. The summed E-state index contributed by atoms with van der Waals surface area (Å²) in [7, 11) is -1.73. The van der Waals surface area contributed by atoms with E-state index in [-0.39, 0.29) is 6.03 Å². The first-order chi connectivity index (χ1) is 6.43. The monoisotopic (exact) mass is 208 g/mol. The van der Waals surface area contributed by atoms with Crippen molar-refractivity contribution < 1.29 is 4.79 Å². The van der Waals surface area contributed by atoms with E-state index in [1.54, 1.807) is 4.57 Å². The largest absolute Gasteiger partial charge is 0.352 e. The molecule has 2 amide bonds. The molecule has 0 radical (unpaired) electrons. The van der Waals surface area contributed by atoms with Crippen molar-refractivity contribution in [1.82, 2.24) is 0 Å². The maximum atomic E-state index is 11.3. The van der Waals surface area contributed by atoms with Gasteiger partial charge in [0, 0.05) is 5.69 Å². The van der Waals surface area contributed by atoms with E-state index in [9.17, 15) is 4.79 Å². The topological polar surface area (TPSA) is 46.3 Å². The molecule has 0 aliphatic carbocycles. The third kappa shape index (κ3) is 2.35. The molecule has 1 aromatic rings. The van der Waals surface area contributed by atoms with E-state index in [2.05, 4.69) is 19.6 Å². The van der Waals surface area contributed by atoms with Crippen LogP contribution in [0.25, 0.3) is 0 Å². The highest BCUT2D eigenvalue weighted by atomic mass is 28.3. The molecular formula is C10H16N2OSi. The number of nitrogens with zero attached hydrogens (tertiary/aromatic N) is 1. The number of nitrogens with two attached hydrogens (primary N) is 1. The van der Waals surface area contributed by atoms with Crippen molar-refractivity contribution in [3.05, 3.63) is 30.3 Å². The molecule has 0 saturated heterocycles. The lowest BCUT2D eigenvalue weighted by atomic mass is 10.3. The van der Waals surface area contributed by atoms with Gasteiger partial charge in [-0.2, -0.15) is 0 Å². The molecule has 0 aromatic heterocycles. The van der Waals surface area contributed by atoms with Crippen molar-refractivity contribution in [2.24, 2.45) is 5.73 Å². The SMILES string of the molecule is C[Si](C)(C)N(C(N)=O)c1ccccc1. The highest BCUT2D eigenvalue weighted by Gasteiger charge is 2.28. The number of para-hydroxylation sites is 1. The van der Waals surface area contributed by atoms with Crippen LogP contribution in [0.5, 0.6) is 0 Å². The van der Waals surface area contributed by atoms with Crippen molar-refractivity contribution in [2.75, 3.05) is 4.57 Å². The fourth-order valence-corrected chi connectivity index (χ4v) is 3.01. The maximum Gasteiger partial charge on any atom is 0.311 e. The van der Waals surface area contributed by atoms with Crippen LogP contribution >= 0.6 is 0 Å². The first-order valence-corrected chi connectivity index (χ1v) is 8.02. The first-order valence-electron chi connectivity index (χ1n) is 4.57. The third-order valence-corrected chi connectivity index (χ3v) is 3.73. The maximum absolute atomic E-state index is 11.3. The Morgan fingerprint density at radius 2 is 1.71 bits per heavy atom. The Kier molecular flexibility index (Phi) is 2.95. The number of amides is 2. The van der Waals surface area contributed by atoms with Crippen LogP contribution in [0, 0.1) is 0 Å². The van der Waals surface area contributed by atoms with E-state index in [4.69, 9.17) is 5.73 Å². The van der Waals surface area contributed by atoms with Gasteiger partial charge in [0.05, 0.1) is 0 Å². The summed E-state index contributed by atoms with van der Waals surface area (Å²) in [4.78, 5) is 11.3. The summed E-state index contributed by atoms with van der Waals surface area (Å²) in [6.07, 6.45) is 0. The molecule has 0 aliphatic rings. The molecule has 1 aromatic carbocycles. The van der Waals surface area contributed by atoms with Gasteiger partial charge in [0.1, 0.15) is 0 Å². The smallest absolute Gasteiger partial charge is 0.311 e. The molecule has 4 heteroatoms. The van der Waals surface area contributed by atoms with Crippen molar-refractivity contribution in [3.8, 4) is 0 Å². The number of anilines is 1. The minimum atomic E-state index is -1.73. The molecule has 0 spiro atoms. The second kappa shape index (κ2) is 3.83. The molecule has 0 bridgehead atoms. The van der Waals surface area contributed by atoms with Crippen molar-refractivity contribution in [1.29, 1.82) is 0 Å². The van der Waals surface area contributed by atoms with Crippen LogP contribution in [0.15, 0.2) is 30.3 Å². The van der Waals surface area contributed by atoms with Crippen molar-refractivity contribution in [2.45, 2.75) is 19.6 Å². The van der Waals surface area contributed by atoms with Gasteiger partial charge in [-0.25, -0.2) is 4.79 Å². The number of hydrogen-bond donors (Lipinski definition) is 1. The van der Waals surface area contributed by atoms with E-state index in [1.807, 2.05) is 30.3 Å². The summed E-state index contributed by atoms with van der Waals surface area (Å²) >= 11 is 0. The van der Waals surface area contributed by atoms with Gasteiger partial charge in [0.15, 0.2) is 8.24 Å². The molecule has 3 nitrogen and oxygen atoms in total. The summed E-state index contributed by atoms with van der Waals surface area (Å²) in [5.41, 5.74) is 6.26. The fraction of sp³-hybridized carbons (Fsp3) is 0.300. The van der Waals surface area contributed by atoms with Gasteiger partial charge in [0.2, 0.25) is 0 Å². The number of primary amides is 1. The van der Waals surface area contributed by atoms with E-state index in [0.29, 0.717) is 0 Å². The zero-order valence-electron chi connectivity index (χ0n) is 8.82. The second-order valence-electron chi connectivity index (χ2n) is 4.18. The molecule has 0 saturated carbocycles. The van der Waals surface area contributed by atoms with Gasteiger partial charge >= 0.3 is 6.03 Å². The molecule has 76 valence electrons. The van der Waals surface area contributed by atoms with E-state index in [1.165, 1.54) is 0 Å². The zero-order chi connectivity index (χ0) is 10.8. The van der Waals surface area contributed by atoms with Gasteiger partial charge in [-0.1, -0.05) is 37.8 Å². The molecule has 2 N–H and O–H groups in total. The number of carbonyl (C=O) groups is 1. The minimum absolute atomic E-state index is 0.365. The Balaban J connectivity index is 3.08. The molecule has 0 heterocycles. The zero-order valence-corrected chi connectivity index (χ0v) is 9.82. The molecule has 0 atom stereocenters. The highest BCUT2D eigenvalue weighted by Crippen LogP contribution is 2.20. The lowest BCUT2D eigenvalue weighted by Gasteiger charge is -2.32. The normalized spacial score (nSPS) is 11.1. The lowest BCUT2D eigenvalue weighted by Crippen LogP contribution is -2.52. The van der Waals surface area contributed by atoms with E-state index >= 15 is 0 Å². The standard InChI is InChI=1S/C10H16N2OSi/c1-14(2,3)12(10(11)13)9-7-5-4-6-8-9/h4-8H,1-3H3,(H2,11,13). The number of hydrogen-bond acceptors (Lipinski definition) is 1. The first kappa shape index (κ1) is 10.8. The molecule has 1 rings (SSSR count). The average molecular weight is 208 g/mol. The molecule has 0 aliphatic heterocycles. The van der Waals surface area contributed by atoms with Gasteiger partial charge in [0.25, 0.3) is 0 Å². The molecular weight excluding hydrogens is 192 g/mol. The molecule has 0 fully saturated rings.